The SMILES string of the molecule is Nc1ccncc1C(O)CC1=CCCCC1. The highest BCUT2D eigenvalue weighted by Gasteiger charge is 2.14. The Morgan fingerprint density at radius 1 is 1.44 bits per heavy atom. The van der Waals surface area contributed by atoms with Crippen molar-refractivity contribution in [2.24, 2.45) is 0 Å². The Labute approximate surface area is 96.0 Å². The normalized spacial score (nSPS) is 17.9. The summed E-state index contributed by atoms with van der Waals surface area (Å²) in [6, 6.07) is 1.73. The van der Waals surface area contributed by atoms with Crippen molar-refractivity contribution in [2.75, 3.05) is 5.73 Å². The molecule has 0 aliphatic heterocycles. The molecule has 0 amide bonds. The van der Waals surface area contributed by atoms with Gasteiger partial charge in [-0.3, -0.25) is 4.98 Å². The number of aliphatic hydroxyl groups excluding tert-OH is 1. The van der Waals surface area contributed by atoms with Crippen LogP contribution in [0.2, 0.25) is 0 Å². The molecule has 16 heavy (non-hydrogen) atoms. The number of nitrogens with zero attached hydrogens (tertiary/aromatic N) is 1. The maximum atomic E-state index is 10.1. The van der Waals surface area contributed by atoms with Crippen molar-refractivity contribution in [3.05, 3.63) is 35.7 Å². The van der Waals surface area contributed by atoms with Crippen LogP contribution in [-0.2, 0) is 0 Å². The number of aromatic nitrogens is 1. The molecule has 0 saturated heterocycles. The molecule has 1 aromatic rings. The fraction of sp³-hybridized carbons (Fsp3) is 0.462. The maximum Gasteiger partial charge on any atom is 0.0862 e. The largest absolute Gasteiger partial charge is 0.398 e. The molecule has 2 rings (SSSR count). The van der Waals surface area contributed by atoms with Crippen LogP contribution in [0.15, 0.2) is 30.1 Å². The fourth-order valence-electron chi connectivity index (χ4n) is 2.14. The lowest BCUT2D eigenvalue weighted by Gasteiger charge is -2.17. The van der Waals surface area contributed by atoms with Crippen molar-refractivity contribution < 1.29 is 5.11 Å². The van der Waals surface area contributed by atoms with E-state index in [0.717, 1.165) is 18.4 Å². The summed E-state index contributed by atoms with van der Waals surface area (Å²) < 4.78 is 0. The molecule has 3 N–H and O–H groups in total. The van der Waals surface area contributed by atoms with Crippen LogP contribution in [-0.4, -0.2) is 10.1 Å². The molecule has 0 spiro atoms. The molecule has 1 aromatic heterocycles. The van der Waals surface area contributed by atoms with Gasteiger partial charge in [-0.25, -0.2) is 0 Å². The van der Waals surface area contributed by atoms with Gasteiger partial charge in [0.15, 0.2) is 0 Å². The molecule has 86 valence electrons. The van der Waals surface area contributed by atoms with Gasteiger partial charge in [0.25, 0.3) is 0 Å². The van der Waals surface area contributed by atoms with Crippen LogP contribution in [0.4, 0.5) is 5.69 Å². The molecule has 1 aliphatic rings. The van der Waals surface area contributed by atoms with Gasteiger partial charge in [0.1, 0.15) is 0 Å². The van der Waals surface area contributed by atoms with Crippen LogP contribution in [0.5, 0.6) is 0 Å². The summed E-state index contributed by atoms with van der Waals surface area (Å²) in [5, 5.41) is 10.1. The van der Waals surface area contributed by atoms with Crippen LogP contribution in [0.3, 0.4) is 0 Å². The molecule has 1 unspecified atom stereocenters. The Morgan fingerprint density at radius 3 is 3.00 bits per heavy atom. The number of anilines is 1. The second-order valence-electron chi connectivity index (χ2n) is 4.33. The Morgan fingerprint density at radius 2 is 2.31 bits per heavy atom. The molecule has 0 aromatic carbocycles. The smallest absolute Gasteiger partial charge is 0.0862 e. The molecule has 1 aliphatic carbocycles. The third-order valence-electron chi connectivity index (χ3n) is 3.09. The van der Waals surface area contributed by atoms with Gasteiger partial charge in [-0.15, -0.1) is 0 Å². The van der Waals surface area contributed by atoms with Crippen molar-refractivity contribution in [2.45, 2.75) is 38.2 Å². The molecule has 0 fully saturated rings. The second-order valence-corrected chi connectivity index (χ2v) is 4.33. The molecule has 1 atom stereocenters. The first-order valence-electron chi connectivity index (χ1n) is 5.82. The van der Waals surface area contributed by atoms with Gasteiger partial charge in [-0.2, -0.15) is 0 Å². The van der Waals surface area contributed by atoms with E-state index in [2.05, 4.69) is 11.1 Å². The highest BCUT2D eigenvalue weighted by Crippen LogP contribution is 2.29. The Balaban J connectivity index is 2.05. The molecule has 0 bridgehead atoms. The lowest BCUT2D eigenvalue weighted by atomic mass is 9.93. The monoisotopic (exact) mass is 218 g/mol. The Bertz CT molecular complexity index is 387. The minimum Gasteiger partial charge on any atom is -0.398 e. The fourth-order valence-corrected chi connectivity index (χ4v) is 2.14. The first-order chi connectivity index (χ1) is 7.77. The standard InChI is InChI=1S/C13H18N2O/c14-12-6-7-15-9-11(12)13(16)8-10-4-2-1-3-5-10/h4,6-7,9,13,16H,1-3,5,8H2,(H2,14,15). The van der Waals surface area contributed by atoms with Crippen molar-refractivity contribution in [3.63, 3.8) is 0 Å². The third kappa shape index (κ3) is 2.61. The second kappa shape index (κ2) is 5.12. The molecule has 0 saturated carbocycles. The van der Waals surface area contributed by atoms with Crippen LogP contribution >= 0.6 is 0 Å². The van der Waals surface area contributed by atoms with E-state index in [1.165, 1.54) is 18.4 Å². The van der Waals surface area contributed by atoms with Crippen LogP contribution in [0, 0.1) is 0 Å². The van der Waals surface area contributed by atoms with Gasteiger partial charge >= 0.3 is 0 Å². The Kier molecular flexibility index (Phi) is 3.57. The van der Waals surface area contributed by atoms with E-state index >= 15 is 0 Å². The molecular weight excluding hydrogens is 200 g/mol. The average Bonchev–Trinajstić information content (AvgIpc) is 2.31. The quantitative estimate of drug-likeness (QED) is 0.767. The Hall–Kier alpha value is -1.35. The number of nitrogen functional groups attached to an aromatic ring is 1. The maximum absolute atomic E-state index is 10.1. The van der Waals surface area contributed by atoms with Crippen molar-refractivity contribution in [1.82, 2.24) is 4.98 Å². The van der Waals surface area contributed by atoms with E-state index in [4.69, 9.17) is 5.73 Å². The van der Waals surface area contributed by atoms with E-state index in [1.807, 2.05) is 0 Å². The lowest BCUT2D eigenvalue weighted by molar-refractivity contribution is 0.177. The van der Waals surface area contributed by atoms with Gasteiger partial charge in [0.05, 0.1) is 6.10 Å². The summed E-state index contributed by atoms with van der Waals surface area (Å²) >= 11 is 0. The molecule has 3 nitrogen and oxygen atoms in total. The average molecular weight is 218 g/mol. The highest BCUT2D eigenvalue weighted by atomic mass is 16.3. The summed E-state index contributed by atoms with van der Waals surface area (Å²) in [5.41, 5.74) is 8.52. The lowest BCUT2D eigenvalue weighted by Crippen LogP contribution is -2.05. The van der Waals surface area contributed by atoms with Crippen LogP contribution in [0.1, 0.15) is 43.8 Å². The van der Waals surface area contributed by atoms with Crippen LogP contribution in [0.25, 0.3) is 0 Å². The predicted molar refractivity (Wildman–Crippen MR) is 64.8 cm³/mol. The van der Waals surface area contributed by atoms with Crippen molar-refractivity contribution >= 4 is 5.69 Å². The summed E-state index contributed by atoms with van der Waals surface area (Å²) in [7, 11) is 0. The zero-order valence-corrected chi connectivity index (χ0v) is 9.39. The topological polar surface area (TPSA) is 59.1 Å². The third-order valence-corrected chi connectivity index (χ3v) is 3.09. The number of hydrogen-bond acceptors (Lipinski definition) is 3. The highest BCUT2D eigenvalue weighted by molar-refractivity contribution is 5.45. The summed E-state index contributed by atoms with van der Waals surface area (Å²) in [4.78, 5) is 4.00. The van der Waals surface area contributed by atoms with Gasteiger partial charge in [-0.1, -0.05) is 11.6 Å². The van der Waals surface area contributed by atoms with Crippen LogP contribution < -0.4 is 5.73 Å². The number of allylic oxidation sites excluding steroid dienone is 1. The predicted octanol–water partition coefficient (Wildman–Crippen LogP) is 2.59. The first kappa shape index (κ1) is 11.1. The van der Waals surface area contributed by atoms with E-state index in [9.17, 15) is 5.11 Å². The minimum atomic E-state index is -0.516. The molecule has 1 heterocycles. The number of rotatable bonds is 3. The molecule has 0 radical (unpaired) electrons. The van der Waals surface area contributed by atoms with Gasteiger partial charge < -0.3 is 10.8 Å². The molecule has 3 heteroatoms. The zero-order chi connectivity index (χ0) is 11.4. The van der Waals surface area contributed by atoms with Crippen molar-refractivity contribution in [3.8, 4) is 0 Å². The van der Waals surface area contributed by atoms with E-state index in [1.54, 1.807) is 18.5 Å². The van der Waals surface area contributed by atoms with Crippen molar-refractivity contribution in [1.29, 1.82) is 0 Å². The van der Waals surface area contributed by atoms with E-state index in [-0.39, 0.29) is 0 Å². The summed E-state index contributed by atoms with van der Waals surface area (Å²) in [5.74, 6) is 0. The van der Waals surface area contributed by atoms with Gasteiger partial charge in [-0.05, 0) is 38.2 Å². The van der Waals surface area contributed by atoms with Gasteiger partial charge in [0.2, 0.25) is 0 Å². The number of pyridine rings is 1. The number of aliphatic hydroxyl groups is 1. The summed E-state index contributed by atoms with van der Waals surface area (Å²) in [6.07, 6.45) is 10.5. The zero-order valence-electron chi connectivity index (χ0n) is 9.39. The minimum absolute atomic E-state index is 0.516. The van der Waals surface area contributed by atoms with E-state index in [0.29, 0.717) is 12.1 Å². The summed E-state index contributed by atoms with van der Waals surface area (Å²) in [6.45, 7) is 0. The number of hydrogen-bond donors (Lipinski definition) is 2. The van der Waals surface area contributed by atoms with E-state index < -0.39 is 6.10 Å². The number of nitrogens with two attached hydrogens (primary N) is 1. The van der Waals surface area contributed by atoms with Gasteiger partial charge in [0, 0.05) is 23.6 Å². The first-order valence-corrected chi connectivity index (χ1v) is 5.82. The molecular formula is C13H18N2O.